The van der Waals surface area contributed by atoms with Crippen LogP contribution in [0.4, 0.5) is 0 Å². The number of alkyl halides is 3. The lowest BCUT2D eigenvalue weighted by Gasteiger charge is -2.05. The standard InChI is InChI=1S/C2H3I3O/c3-1-2(4,5)6/h6H,1H2. The molecule has 0 aliphatic heterocycles. The van der Waals surface area contributed by atoms with Crippen LogP contribution in [-0.4, -0.2) is 11.1 Å². The number of aliphatic hydroxyl groups is 1. The maximum absolute atomic E-state index is 8.79. The highest BCUT2D eigenvalue weighted by Crippen LogP contribution is 2.25. The molecule has 0 aromatic rings. The average molecular weight is 424 g/mol. The highest BCUT2D eigenvalue weighted by molar-refractivity contribution is 14.2. The van der Waals surface area contributed by atoms with Gasteiger partial charge in [0.1, 0.15) is 0 Å². The van der Waals surface area contributed by atoms with Crippen LogP contribution in [0.3, 0.4) is 0 Å². The van der Waals surface area contributed by atoms with Gasteiger partial charge in [0.05, 0.1) is 0 Å². The molecule has 0 aliphatic rings. The van der Waals surface area contributed by atoms with Gasteiger partial charge in [-0.1, -0.05) is 22.6 Å². The smallest absolute Gasteiger partial charge is 0.175 e. The highest BCUT2D eigenvalue weighted by Gasteiger charge is 2.12. The summed E-state index contributed by atoms with van der Waals surface area (Å²) in [5.41, 5.74) is 0. The fourth-order valence-corrected chi connectivity index (χ4v) is 0. The number of rotatable bonds is 1. The van der Waals surface area contributed by atoms with Gasteiger partial charge in [-0.15, -0.1) is 0 Å². The van der Waals surface area contributed by atoms with Crippen molar-refractivity contribution < 1.29 is 5.11 Å². The minimum atomic E-state index is -0.532. The summed E-state index contributed by atoms with van der Waals surface area (Å²) in [6.07, 6.45) is 0. The Balaban J connectivity index is 3.17. The Morgan fingerprint density at radius 3 is 1.67 bits per heavy atom. The molecule has 0 saturated heterocycles. The van der Waals surface area contributed by atoms with Crippen molar-refractivity contribution in [3.05, 3.63) is 0 Å². The van der Waals surface area contributed by atoms with Gasteiger partial charge in [-0.2, -0.15) is 0 Å². The lowest BCUT2D eigenvalue weighted by molar-refractivity contribution is 0.291. The van der Waals surface area contributed by atoms with Crippen LogP contribution in [0.2, 0.25) is 0 Å². The lowest BCUT2D eigenvalue weighted by Crippen LogP contribution is -2.08. The molecule has 0 aliphatic carbocycles. The first-order valence-electron chi connectivity index (χ1n) is 1.22. The third-order valence-electron chi connectivity index (χ3n) is 0.161. The SMILES string of the molecule is OC(I)(I)CI. The predicted octanol–water partition coefficient (Wildman–Crippen LogP) is 1.94. The van der Waals surface area contributed by atoms with Crippen LogP contribution in [0.1, 0.15) is 0 Å². The summed E-state index contributed by atoms with van der Waals surface area (Å²) in [7, 11) is 0. The van der Waals surface area contributed by atoms with Crippen LogP contribution in [0.25, 0.3) is 0 Å². The van der Waals surface area contributed by atoms with Gasteiger partial charge in [-0.3, -0.25) is 0 Å². The number of hydrogen-bond acceptors (Lipinski definition) is 1. The normalized spacial score (nSPS) is 12.0. The summed E-state index contributed by atoms with van der Waals surface area (Å²) in [4.78, 5) is 0. The molecule has 0 aromatic carbocycles. The quantitative estimate of drug-likeness (QED) is 0.505. The summed E-state index contributed by atoms with van der Waals surface area (Å²) in [6, 6.07) is 0. The van der Waals surface area contributed by atoms with Crippen molar-refractivity contribution in [3.8, 4) is 0 Å². The molecule has 0 unspecified atom stereocenters. The summed E-state index contributed by atoms with van der Waals surface area (Å²) in [5.74, 6) is 0. The zero-order chi connectivity index (χ0) is 5.21. The minimum Gasteiger partial charge on any atom is -0.370 e. The van der Waals surface area contributed by atoms with E-state index < -0.39 is 1.61 Å². The molecule has 0 radical (unpaired) electrons. The predicted molar refractivity (Wildman–Crippen MR) is 51.9 cm³/mol. The Hall–Kier alpha value is 2.15. The van der Waals surface area contributed by atoms with Gasteiger partial charge in [0.15, 0.2) is 1.61 Å². The zero-order valence-electron chi connectivity index (χ0n) is 2.79. The van der Waals surface area contributed by atoms with E-state index in [2.05, 4.69) is 22.6 Å². The first-order valence-corrected chi connectivity index (χ1v) is 4.91. The lowest BCUT2D eigenvalue weighted by atomic mass is 10.9. The van der Waals surface area contributed by atoms with Gasteiger partial charge in [0.2, 0.25) is 0 Å². The molecule has 0 heterocycles. The van der Waals surface area contributed by atoms with Crippen molar-refractivity contribution in [2.24, 2.45) is 0 Å². The molecule has 38 valence electrons. The number of hydrogen-bond donors (Lipinski definition) is 1. The monoisotopic (exact) mass is 424 g/mol. The Bertz CT molecular complexity index is 38.5. The van der Waals surface area contributed by atoms with E-state index in [0.29, 0.717) is 0 Å². The third kappa shape index (κ3) is 6.15. The Kier molecular flexibility index (Phi) is 4.39. The molecule has 0 atom stereocenters. The van der Waals surface area contributed by atoms with Crippen LogP contribution in [0.15, 0.2) is 0 Å². The van der Waals surface area contributed by atoms with Gasteiger partial charge in [0, 0.05) is 4.43 Å². The summed E-state index contributed by atoms with van der Waals surface area (Å²) in [6.45, 7) is 0. The second-order valence-corrected chi connectivity index (χ2v) is 7.20. The molecule has 0 spiro atoms. The maximum Gasteiger partial charge on any atom is 0.175 e. The van der Waals surface area contributed by atoms with E-state index in [4.69, 9.17) is 5.11 Å². The van der Waals surface area contributed by atoms with Crippen molar-refractivity contribution in [2.75, 3.05) is 4.43 Å². The molecule has 1 N–H and O–H groups in total. The topological polar surface area (TPSA) is 20.2 Å². The average Bonchev–Trinajstić information content (AvgIpc) is 1.35. The van der Waals surface area contributed by atoms with Gasteiger partial charge < -0.3 is 5.11 Å². The van der Waals surface area contributed by atoms with E-state index in [0.717, 1.165) is 4.43 Å². The van der Waals surface area contributed by atoms with E-state index >= 15 is 0 Å². The third-order valence-corrected chi connectivity index (χ3v) is 4.95. The van der Waals surface area contributed by atoms with Crippen molar-refractivity contribution >= 4 is 67.8 Å². The van der Waals surface area contributed by atoms with Crippen molar-refractivity contribution in [3.63, 3.8) is 0 Å². The largest absolute Gasteiger partial charge is 0.370 e. The molecular formula is C2H3I3O. The van der Waals surface area contributed by atoms with Crippen LogP contribution < -0.4 is 0 Å². The summed E-state index contributed by atoms with van der Waals surface area (Å²) >= 11 is 6.08. The van der Waals surface area contributed by atoms with Crippen LogP contribution in [0, 0.1) is 0 Å². The van der Waals surface area contributed by atoms with Crippen molar-refractivity contribution in [1.29, 1.82) is 0 Å². The molecule has 0 aromatic heterocycles. The van der Waals surface area contributed by atoms with Gasteiger partial charge in [0.25, 0.3) is 0 Å². The zero-order valence-corrected chi connectivity index (χ0v) is 9.26. The molecular weight excluding hydrogens is 421 g/mol. The molecule has 0 amide bonds. The van der Waals surface area contributed by atoms with Gasteiger partial charge in [-0.05, 0) is 45.2 Å². The second-order valence-electron chi connectivity index (χ2n) is 0.799. The van der Waals surface area contributed by atoms with E-state index in [1.54, 1.807) is 0 Å². The van der Waals surface area contributed by atoms with Gasteiger partial charge in [-0.25, -0.2) is 0 Å². The summed E-state index contributed by atoms with van der Waals surface area (Å²) < 4.78 is 0.238. The summed E-state index contributed by atoms with van der Waals surface area (Å²) in [5, 5.41) is 8.79. The maximum atomic E-state index is 8.79. The molecule has 4 heteroatoms. The van der Waals surface area contributed by atoms with Gasteiger partial charge >= 0.3 is 0 Å². The van der Waals surface area contributed by atoms with Crippen LogP contribution >= 0.6 is 67.8 Å². The molecule has 0 saturated carbocycles. The first kappa shape index (κ1) is 8.15. The van der Waals surface area contributed by atoms with Crippen LogP contribution in [0.5, 0.6) is 0 Å². The molecule has 0 rings (SSSR count). The van der Waals surface area contributed by atoms with E-state index in [1.165, 1.54) is 0 Å². The Morgan fingerprint density at radius 2 is 1.67 bits per heavy atom. The first-order chi connectivity index (χ1) is 2.56. The highest BCUT2D eigenvalue weighted by atomic mass is 127. The molecule has 0 bridgehead atoms. The van der Waals surface area contributed by atoms with Crippen LogP contribution in [-0.2, 0) is 0 Å². The van der Waals surface area contributed by atoms with E-state index in [1.807, 2.05) is 45.2 Å². The Morgan fingerprint density at radius 1 is 1.50 bits per heavy atom. The molecule has 1 nitrogen and oxygen atoms in total. The fourth-order valence-electron chi connectivity index (χ4n) is 0. The minimum absolute atomic E-state index is 0.532. The Labute approximate surface area is 77.7 Å². The molecule has 0 fully saturated rings. The van der Waals surface area contributed by atoms with E-state index in [9.17, 15) is 0 Å². The second kappa shape index (κ2) is 3.23. The van der Waals surface area contributed by atoms with Crippen molar-refractivity contribution in [1.82, 2.24) is 0 Å². The van der Waals surface area contributed by atoms with E-state index in [-0.39, 0.29) is 0 Å². The fraction of sp³-hybridized carbons (Fsp3) is 1.00. The van der Waals surface area contributed by atoms with Crippen molar-refractivity contribution in [2.45, 2.75) is 1.61 Å². The number of halogens is 3. The molecule has 6 heavy (non-hydrogen) atoms.